The molecule has 1 unspecified atom stereocenters. The lowest BCUT2D eigenvalue weighted by Crippen LogP contribution is -2.14. The molecule has 1 heterocycles. The minimum atomic E-state index is 0.204. The van der Waals surface area contributed by atoms with Gasteiger partial charge in [0.05, 0.1) is 6.04 Å². The lowest BCUT2D eigenvalue weighted by molar-refractivity contribution is 0.746. The predicted octanol–water partition coefficient (Wildman–Crippen LogP) is 12.0. The van der Waals surface area contributed by atoms with Crippen molar-refractivity contribution in [1.29, 1.82) is 0 Å². The Morgan fingerprint density at radius 3 is 1.63 bits per heavy atom. The second-order valence-electron chi connectivity index (χ2n) is 12.5. The number of allylic oxidation sites excluding steroid dienone is 2. The third-order valence-corrected chi connectivity index (χ3v) is 10.1. The fourth-order valence-electron chi connectivity index (χ4n) is 7.98. The summed E-state index contributed by atoms with van der Waals surface area (Å²) in [6, 6.07) is 52.3. The number of hydrogen-bond acceptors (Lipinski definition) is 1. The van der Waals surface area contributed by atoms with Crippen LogP contribution in [-0.2, 0) is 0 Å². The van der Waals surface area contributed by atoms with Crippen molar-refractivity contribution in [3.63, 3.8) is 0 Å². The Kier molecular flexibility index (Phi) is 5.41. The Hall–Kier alpha value is -5.92. The Bertz CT molecular complexity index is 2570. The van der Waals surface area contributed by atoms with Gasteiger partial charge in [-0.3, -0.25) is 0 Å². The van der Waals surface area contributed by atoms with Gasteiger partial charge in [-0.1, -0.05) is 140 Å². The second kappa shape index (κ2) is 9.79. The van der Waals surface area contributed by atoms with Crippen LogP contribution in [0.15, 0.2) is 164 Å². The first-order chi connectivity index (χ1) is 22.8. The van der Waals surface area contributed by atoms with Gasteiger partial charge in [0.1, 0.15) is 0 Å². The molecular weight excluding hydrogens is 555 g/mol. The molecule has 1 nitrogen and oxygen atoms in total. The molecule has 1 aliphatic carbocycles. The van der Waals surface area contributed by atoms with Gasteiger partial charge in [0, 0.05) is 0 Å². The van der Waals surface area contributed by atoms with Gasteiger partial charge in [-0.05, 0) is 118 Å². The monoisotopic (exact) mass is 583 g/mol. The number of fused-ring (bicyclic) bond motifs is 8. The van der Waals surface area contributed by atoms with Crippen molar-refractivity contribution in [3.8, 4) is 44.5 Å². The molecule has 1 heteroatoms. The summed E-state index contributed by atoms with van der Waals surface area (Å²) >= 11 is 0. The molecule has 46 heavy (non-hydrogen) atoms. The summed E-state index contributed by atoms with van der Waals surface area (Å²) in [5.74, 6) is 0. The van der Waals surface area contributed by atoms with Gasteiger partial charge in [0.25, 0.3) is 0 Å². The minimum absolute atomic E-state index is 0.204. The quantitative estimate of drug-likeness (QED) is 0.204. The van der Waals surface area contributed by atoms with E-state index in [4.69, 9.17) is 0 Å². The van der Waals surface area contributed by atoms with E-state index in [1.165, 1.54) is 93.2 Å². The highest BCUT2D eigenvalue weighted by atomic mass is 14.9. The largest absolute Gasteiger partial charge is 0.381 e. The third-order valence-electron chi connectivity index (χ3n) is 10.1. The average Bonchev–Trinajstić information content (AvgIpc) is 3.46. The van der Waals surface area contributed by atoms with E-state index >= 15 is 0 Å². The van der Waals surface area contributed by atoms with Crippen LogP contribution < -0.4 is 5.32 Å². The van der Waals surface area contributed by atoms with Gasteiger partial charge >= 0.3 is 0 Å². The Morgan fingerprint density at radius 1 is 0.370 bits per heavy atom. The van der Waals surface area contributed by atoms with E-state index in [-0.39, 0.29) is 6.04 Å². The summed E-state index contributed by atoms with van der Waals surface area (Å²) in [5.41, 5.74) is 11.7. The molecule has 1 N–H and O–H groups in total. The highest BCUT2D eigenvalue weighted by Gasteiger charge is 2.23. The molecule has 8 aromatic rings. The number of dihydropyridines is 1. The number of nitrogens with one attached hydrogen (secondary N) is 1. The second-order valence-corrected chi connectivity index (χ2v) is 12.5. The zero-order chi connectivity index (χ0) is 30.2. The van der Waals surface area contributed by atoms with Crippen LogP contribution in [0.25, 0.3) is 87.6 Å². The van der Waals surface area contributed by atoms with Gasteiger partial charge in [-0.25, -0.2) is 0 Å². The van der Waals surface area contributed by atoms with Crippen molar-refractivity contribution in [2.45, 2.75) is 6.04 Å². The van der Waals surface area contributed by atoms with Crippen LogP contribution in [0.2, 0.25) is 0 Å². The Balaban J connectivity index is 1.22. The van der Waals surface area contributed by atoms with E-state index in [0.29, 0.717) is 0 Å². The first kappa shape index (κ1) is 25.4. The van der Waals surface area contributed by atoms with E-state index in [2.05, 4.69) is 157 Å². The Labute approximate surface area is 267 Å². The first-order valence-corrected chi connectivity index (χ1v) is 16.1. The molecule has 0 saturated carbocycles. The van der Waals surface area contributed by atoms with Crippen LogP contribution >= 0.6 is 0 Å². The molecule has 0 radical (unpaired) electrons. The molecule has 0 bridgehead atoms. The summed E-state index contributed by atoms with van der Waals surface area (Å²) in [5, 5.41) is 13.8. The molecule has 8 aromatic carbocycles. The normalized spacial score (nSPS) is 14.7. The fourth-order valence-corrected chi connectivity index (χ4v) is 7.98. The molecule has 0 amide bonds. The van der Waals surface area contributed by atoms with Crippen molar-refractivity contribution < 1.29 is 0 Å². The zero-order valence-electron chi connectivity index (χ0n) is 25.2. The highest BCUT2D eigenvalue weighted by molar-refractivity contribution is 6.26. The topological polar surface area (TPSA) is 12.0 Å². The van der Waals surface area contributed by atoms with Crippen LogP contribution in [-0.4, -0.2) is 0 Å². The highest BCUT2D eigenvalue weighted by Crippen LogP contribution is 2.50. The van der Waals surface area contributed by atoms with Gasteiger partial charge in [0.15, 0.2) is 0 Å². The Morgan fingerprint density at radius 2 is 0.935 bits per heavy atom. The molecule has 10 rings (SSSR count). The number of rotatable bonds is 3. The maximum atomic E-state index is 3.45. The maximum Gasteiger partial charge on any atom is 0.0695 e. The van der Waals surface area contributed by atoms with E-state index in [0.717, 1.165) is 0 Å². The fraction of sp³-hybridized carbons (Fsp3) is 0.0222. The summed E-state index contributed by atoms with van der Waals surface area (Å²) in [6.07, 6.45) is 8.35. The zero-order valence-corrected chi connectivity index (χ0v) is 25.2. The summed E-state index contributed by atoms with van der Waals surface area (Å²) in [7, 11) is 0. The number of hydrogen-bond donors (Lipinski definition) is 1. The van der Waals surface area contributed by atoms with Gasteiger partial charge < -0.3 is 5.32 Å². The molecule has 0 fully saturated rings. The van der Waals surface area contributed by atoms with Gasteiger partial charge in [-0.15, -0.1) is 0 Å². The maximum absolute atomic E-state index is 3.45. The summed E-state index contributed by atoms with van der Waals surface area (Å²) in [4.78, 5) is 0. The molecule has 214 valence electrons. The SMILES string of the molecule is C1=CNC(c2ccc(-c3cc4c5ccccc5c(-c5ccc6c7c(cccc57)-c5ccccc5-6)cc4c4ccccc34)cc2)C=C1. The van der Waals surface area contributed by atoms with Crippen LogP contribution in [0.4, 0.5) is 0 Å². The molecule has 2 aliphatic rings. The van der Waals surface area contributed by atoms with Crippen LogP contribution in [0.5, 0.6) is 0 Å². The van der Waals surface area contributed by atoms with E-state index in [1.54, 1.807) is 0 Å². The van der Waals surface area contributed by atoms with Crippen molar-refractivity contribution in [2.75, 3.05) is 0 Å². The van der Waals surface area contributed by atoms with Crippen molar-refractivity contribution in [1.82, 2.24) is 5.32 Å². The first-order valence-electron chi connectivity index (χ1n) is 16.1. The molecular formula is C45H29N. The number of benzene rings is 8. The molecule has 0 aromatic heterocycles. The van der Waals surface area contributed by atoms with E-state index in [1.807, 2.05) is 12.3 Å². The third kappa shape index (κ3) is 3.63. The lowest BCUT2D eigenvalue weighted by Gasteiger charge is -2.18. The lowest BCUT2D eigenvalue weighted by atomic mass is 9.86. The van der Waals surface area contributed by atoms with Crippen molar-refractivity contribution in [3.05, 3.63) is 170 Å². The smallest absolute Gasteiger partial charge is 0.0695 e. The van der Waals surface area contributed by atoms with Crippen molar-refractivity contribution >= 4 is 43.1 Å². The molecule has 1 atom stereocenters. The average molecular weight is 584 g/mol. The predicted molar refractivity (Wildman–Crippen MR) is 196 cm³/mol. The summed E-state index contributed by atoms with van der Waals surface area (Å²) in [6.45, 7) is 0. The molecule has 0 saturated heterocycles. The molecule has 0 spiro atoms. The van der Waals surface area contributed by atoms with Crippen LogP contribution in [0.3, 0.4) is 0 Å². The van der Waals surface area contributed by atoms with E-state index < -0.39 is 0 Å². The van der Waals surface area contributed by atoms with Gasteiger partial charge in [-0.2, -0.15) is 0 Å². The van der Waals surface area contributed by atoms with Crippen LogP contribution in [0.1, 0.15) is 11.6 Å². The van der Waals surface area contributed by atoms with Gasteiger partial charge in [0.2, 0.25) is 0 Å². The minimum Gasteiger partial charge on any atom is -0.381 e. The standard InChI is InChI=1S/C45H29N/c1-2-11-31-30(10-1)37-16-9-17-38-36(23-24-39(31)45(37)38)41-27-43-33-13-4-3-12-32(33)40(26-42(43)35-15-6-5-14-34(35)41)28-19-21-29(22-20-28)44-18-7-8-25-46-44/h1-27,44,46H. The van der Waals surface area contributed by atoms with E-state index in [9.17, 15) is 0 Å². The summed E-state index contributed by atoms with van der Waals surface area (Å²) < 4.78 is 0. The molecule has 1 aliphatic heterocycles. The van der Waals surface area contributed by atoms with Crippen LogP contribution in [0, 0.1) is 0 Å². The van der Waals surface area contributed by atoms with Crippen molar-refractivity contribution in [2.24, 2.45) is 0 Å².